The highest BCUT2D eigenvalue weighted by molar-refractivity contribution is 5.99. The Balaban J connectivity index is 0.00000220. The molecule has 0 amide bonds. The van der Waals surface area contributed by atoms with Crippen molar-refractivity contribution in [2.24, 2.45) is 0 Å². The minimum absolute atomic E-state index is 0. The lowest BCUT2D eigenvalue weighted by atomic mass is 10.1. The molecule has 116 valence electrons. The largest absolute Gasteiger partial charge is 1.00 e. The molecule has 1 aromatic rings. The maximum Gasteiger partial charge on any atom is 0.271 e. The van der Waals surface area contributed by atoms with E-state index in [1.807, 2.05) is 0 Å². The van der Waals surface area contributed by atoms with Crippen LogP contribution in [0.5, 0.6) is 0 Å². The summed E-state index contributed by atoms with van der Waals surface area (Å²) in [4.78, 5) is 0. The first-order valence-electron chi connectivity index (χ1n) is 7.36. The van der Waals surface area contributed by atoms with Crippen LogP contribution in [0, 0.1) is 0 Å². The SMILES string of the molecule is CC(C)(C)NC1=[N+](C(C)(C)C)CC(c2ccccc2)=C1.[Cl-]. The summed E-state index contributed by atoms with van der Waals surface area (Å²) in [7, 11) is 0. The van der Waals surface area contributed by atoms with Gasteiger partial charge < -0.3 is 12.4 Å². The monoisotopic (exact) mass is 306 g/mol. The lowest BCUT2D eigenvalue weighted by molar-refractivity contribution is -0.584. The number of halogens is 1. The van der Waals surface area contributed by atoms with Gasteiger partial charge in [0.05, 0.1) is 11.1 Å². The fraction of sp³-hybridized carbons (Fsp3) is 0.500. The Labute approximate surface area is 135 Å². The normalized spacial score (nSPS) is 15.6. The van der Waals surface area contributed by atoms with E-state index in [-0.39, 0.29) is 23.5 Å². The first-order chi connectivity index (χ1) is 9.17. The van der Waals surface area contributed by atoms with Gasteiger partial charge in [0.15, 0.2) is 0 Å². The van der Waals surface area contributed by atoms with Gasteiger partial charge >= 0.3 is 0 Å². The molecule has 0 saturated carbocycles. The number of hydrogen-bond acceptors (Lipinski definition) is 1. The zero-order valence-corrected chi connectivity index (χ0v) is 14.8. The van der Waals surface area contributed by atoms with Crippen LogP contribution in [0.15, 0.2) is 36.4 Å². The number of hydrogen-bond donors (Lipinski definition) is 1. The highest BCUT2D eigenvalue weighted by Gasteiger charge is 2.32. The summed E-state index contributed by atoms with van der Waals surface area (Å²) in [5.74, 6) is 1.23. The van der Waals surface area contributed by atoms with E-state index in [4.69, 9.17) is 0 Å². The lowest BCUT2D eigenvalue weighted by Gasteiger charge is -2.24. The van der Waals surface area contributed by atoms with E-state index in [9.17, 15) is 0 Å². The number of nitrogens with zero attached hydrogens (tertiary/aromatic N) is 1. The van der Waals surface area contributed by atoms with E-state index in [1.54, 1.807) is 0 Å². The first-order valence-corrected chi connectivity index (χ1v) is 7.36. The molecule has 0 fully saturated rings. The molecule has 0 saturated heterocycles. The second-order valence-corrected chi connectivity index (χ2v) is 7.55. The standard InChI is InChI=1S/C18H26N2.ClH/c1-17(2,3)19-16-12-15(13-20(16)18(4,5)6)14-10-8-7-9-11-14;/h7-12H,13H2,1-6H3;1H. The van der Waals surface area contributed by atoms with Gasteiger partial charge in [0, 0.05) is 11.6 Å². The van der Waals surface area contributed by atoms with E-state index in [0.717, 1.165) is 6.54 Å². The molecule has 21 heavy (non-hydrogen) atoms. The van der Waals surface area contributed by atoms with Gasteiger partial charge in [-0.15, -0.1) is 0 Å². The van der Waals surface area contributed by atoms with Crippen molar-refractivity contribution in [3.63, 3.8) is 0 Å². The molecule has 1 N–H and O–H groups in total. The predicted octanol–water partition coefficient (Wildman–Crippen LogP) is 0.685. The van der Waals surface area contributed by atoms with Gasteiger partial charge in [0.25, 0.3) is 5.84 Å². The zero-order chi connectivity index (χ0) is 15.0. The van der Waals surface area contributed by atoms with Crippen LogP contribution in [0.1, 0.15) is 47.1 Å². The van der Waals surface area contributed by atoms with Gasteiger partial charge in [-0.3, -0.25) is 9.89 Å². The minimum Gasteiger partial charge on any atom is -1.00 e. The zero-order valence-electron chi connectivity index (χ0n) is 14.0. The van der Waals surface area contributed by atoms with Crippen molar-refractivity contribution in [3.05, 3.63) is 42.0 Å². The third-order valence-electron chi connectivity index (χ3n) is 3.39. The van der Waals surface area contributed by atoms with Gasteiger partial charge in [0.2, 0.25) is 0 Å². The summed E-state index contributed by atoms with van der Waals surface area (Å²) in [6.45, 7) is 14.4. The van der Waals surface area contributed by atoms with E-state index in [1.165, 1.54) is 17.0 Å². The smallest absolute Gasteiger partial charge is 0.271 e. The van der Waals surface area contributed by atoms with Gasteiger partial charge in [-0.25, -0.2) is 0 Å². The molecule has 0 atom stereocenters. The fourth-order valence-electron chi connectivity index (χ4n) is 2.46. The quantitative estimate of drug-likeness (QED) is 0.754. The summed E-state index contributed by atoms with van der Waals surface area (Å²) in [6, 6.07) is 10.7. The number of amidine groups is 1. The van der Waals surface area contributed by atoms with E-state index >= 15 is 0 Å². The average molecular weight is 307 g/mol. The Morgan fingerprint density at radius 3 is 2.00 bits per heavy atom. The molecule has 2 rings (SSSR count). The molecule has 1 heterocycles. The third-order valence-corrected chi connectivity index (χ3v) is 3.39. The predicted molar refractivity (Wildman–Crippen MR) is 87.2 cm³/mol. The van der Waals surface area contributed by atoms with Crippen molar-refractivity contribution >= 4 is 11.4 Å². The molecule has 3 heteroatoms. The molecule has 0 radical (unpaired) electrons. The molecular formula is C18H27ClN2. The fourth-order valence-corrected chi connectivity index (χ4v) is 2.46. The van der Waals surface area contributed by atoms with Crippen molar-refractivity contribution in [1.29, 1.82) is 0 Å². The van der Waals surface area contributed by atoms with Gasteiger partial charge in [0.1, 0.15) is 6.54 Å². The van der Waals surface area contributed by atoms with Crippen LogP contribution in [-0.4, -0.2) is 28.0 Å². The maximum atomic E-state index is 3.64. The van der Waals surface area contributed by atoms with Crippen LogP contribution in [-0.2, 0) is 0 Å². The van der Waals surface area contributed by atoms with Crippen LogP contribution in [0.25, 0.3) is 5.57 Å². The van der Waals surface area contributed by atoms with Gasteiger partial charge in [-0.05, 0) is 47.1 Å². The molecule has 1 aromatic carbocycles. The van der Waals surface area contributed by atoms with Crippen molar-refractivity contribution < 1.29 is 17.0 Å². The number of nitrogens with one attached hydrogen (secondary N) is 1. The van der Waals surface area contributed by atoms with Crippen molar-refractivity contribution in [2.75, 3.05) is 6.54 Å². The van der Waals surface area contributed by atoms with Crippen molar-refractivity contribution in [1.82, 2.24) is 5.32 Å². The lowest BCUT2D eigenvalue weighted by Crippen LogP contribution is -3.00. The first kappa shape index (κ1) is 17.8. The summed E-state index contributed by atoms with van der Waals surface area (Å²) < 4.78 is 2.45. The van der Waals surface area contributed by atoms with Crippen LogP contribution in [0.4, 0.5) is 0 Å². The van der Waals surface area contributed by atoms with Gasteiger partial charge in [-0.2, -0.15) is 0 Å². The molecule has 0 aromatic heterocycles. The minimum atomic E-state index is 0. The molecule has 0 spiro atoms. The second-order valence-electron chi connectivity index (χ2n) is 7.55. The summed E-state index contributed by atoms with van der Waals surface area (Å²) in [6.07, 6.45) is 2.30. The Kier molecular flexibility index (Phi) is 5.27. The van der Waals surface area contributed by atoms with E-state index in [0.29, 0.717) is 0 Å². The summed E-state index contributed by atoms with van der Waals surface area (Å²) >= 11 is 0. The molecule has 2 nitrogen and oxygen atoms in total. The van der Waals surface area contributed by atoms with Crippen LogP contribution in [0.2, 0.25) is 0 Å². The topological polar surface area (TPSA) is 15.0 Å². The van der Waals surface area contributed by atoms with Crippen LogP contribution >= 0.6 is 0 Å². The molecule has 1 aliphatic heterocycles. The van der Waals surface area contributed by atoms with E-state index in [2.05, 4.69) is 87.8 Å². The Bertz CT molecular complexity index is 543. The van der Waals surface area contributed by atoms with Crippen LogP contribution in [0.3, 0.4) is 0 Å². The number of benzene rings is 1. The maximum absolute atomic E-state index is 3.64. The van der Waals surface area contributed by atoms with Gasteiger partial charge in [-0.1, -0.05) is 30.3 Å². The van der Waals surface area contributed by atoms with Crippen molar-refractivity contribution in [2.45, 2.75) is 52.6 Å². The Morgan fingerprint density at radius 2 is 1.52 bits per heavy atom. The molecule has 0 bridgehead atoms. The molecular weight excluding hydrogens is 280 g/mol. The molecule has 1 aliphatic rings. The average Bonchev–Trinajstić information content (AvgIpc) is 2.71. The van der Waals surface area contributed by atoms with Crippen molar-refractivity contribution in [3.8, 4) is 0 Å². The molecule has 0 unspecified atom stereocenters. The number of rotatable bonds is 1. The molecule has 0 aliphatic carbocycles. The highest BCUT2D eigenvalue weighted by Crippen LogP contribution is 2.23. The second kappa shape index (κ2) is 6.23. The summed E-state index contributed by atoms with van der Waals surface area (Å²) in [5.41, 5.74) is 2.88. The third kappa shape index (κ3) is 4.60. The summed E-state index contributed by atoms with van der Waals surface area (Å²) in [5, 5.41) is 3.64. The van der Waals surface area contributed by atoms with Crippen LogP contribution < -0.4 is 17.7 Å². The Hall–Kier alpha value is -1.28. The Morgan fingerprint density at radius 1 is 0.952 bits per heavy atom. The highest BCUT2D eigenvalue weighted by atomic mass is 35.5. The van der Waals surface area contributed by atoms with E-state index < -0.39 is 0 Å².